The first kappa shape index (κ1) is 6.01. The molecular formula is C5H12N2O. The summed E-state index contributed by atoms with van der Waals surface area (Å²) in [7, 11) is 0. The lowest BCUT2D eigenvalue weighted by atomic mass is 10.3. The Morgan fingerprint density at radius 2 is 2.62 bits per heavy atom. The zero-order valence-corrected chi connectivity index (χ0v) is 4.89. The van der Waals surface area contributed by atoms with E-state index in [4.69, 9.17) is 10.5 Å². The van der Waals surface area contributed by atoms with Crippen molar-refractivity contribution in [3.63, 3.8) is 0 Å². The van der Waals surface area contributed by atoms with E-state index in [-0.39, 0.29) is 0 Å². The molecule has 3 heteroatoms. The second-order valence-corrected chi connectivity index (χ2v) is 1.96. The Morgan fingerprint density at radius 1 is 1.75 bits per heavy atom. The van der Waals surface area contributed by atoms with Crippen molar-refractivity contribution in [1.82, 2.24) is 5.32 Å². The molecule has 0 amide bonds. The summed E-state index contributed by atoms with van der Waals surface area (Å²) in [6, 6.07) is 0.392. The second kappa shape index (κ2) is 3.02. The molecule has 1 aliphatic rings. The first-order valence-corrected chi connectivity index (χ1v) is 2.94. The first-order valence-electron chi connectivity index (χ1n) is 2.94. The minimum atomic E-state index is 0.392. The molecule has 1 atom stereocenters. The molecule has 1 heterocycles. The molecule has 48 valence electrons. The SMILES string of the molecule is NC[C@H]1COCCN1. The molecule has 1 fully saturated rings. The van der Waals surface area contributed by atoms with Crippen molar-refractivity contribution in [2.24, 2.45) is 5.73 Å². The van der Waals surface area contributed by atoms with Gasteiger partial charge in [-0.25, -0.2) is 0 Å². The van der Waals surface area contributed by atoms with Gasteiger partial charge in [0.15, 0.2) is 0 Å². The number of hydrogen-bond acceptors (Lipinski definition) is 3. The average Bonchev–Trinajstić information content (AvgIpc) is 1.90. The Hall–Kier alpha value is -0.120. The van der Waals surface area contributed by atoms with Crippen LogP contribution >= 0.6 is 0 Å². The molecule has 0 spiro atoms. The molecule has 1 saturated heterocycles. The van der Waals surface area contributed by atoms with Gasteiger partial charge < -0.3 is 15.8 Å². The number of rotatable bonds is 1. The van der Waals surface area contributed by atoms with Crippen LogP contribution in [0.5, 0.6) is 0 Å². The summed E-state index contributed by atoms with van der Waals surface area (Å²) >= 11 is 0. The maximum absolute atomic E-state index is 5.36. The molecular weight excluding hydrogens is 104 g/mol. The average molecular weight is 116 g/mol. The van der Waals surface area contributed by atoms with Gasteiger partial charge in [-0.15, -0.1) is 0 Å². The van der Waals surface area contributed by atoms with E-state index in [0.29, 0.717) is 12.6 Å². The number of morpholine rings is 1. The van der Waals surface area contributed by atoms with Gasteiger partial charge in [-0.05, 0) is 0 Å². The van der Waals surface area contributed by atoms with Crippen molar-refractivity contribution in [2.75, 3.05) is 26.3 Å². The molecule has 8 heavy (non-hydrogen) atoms. The molecule has 3 N–H and O–H groups in total. The van der Waals surface area contributed by atoms with E-state index in [1.807, 2.05) is 0 Å². The lowest BCUT2D eigenvalue weighted by Crippen LogP contribution is -2.45. The molecule has 1 aliphatic heterocycles. The Morgan fingerprint density at radius 3 is 3.00 bits per heavy atom. The van der Waals surface area contributed by atoms with E-state index >= 15 is 0 Å². The highest BCUT2D eigenvalue weighted by molar-refractivity contribution is 4.69. The van der Waals surface area contributed by atoms with E-state index in [1.54, 1.807) is 0 Å². The van der Waals surface area contributed by atoms with Gasteiger partial charge in [0.1, 0.15) is 0 Å². The quantitative estimate of drug-likeness (QED) is 0.459. The van der Waals surface area contributed by atoms with Crippen LogP contribution in [-0.2, 0) is 4.74 Å². The Balaban J connectivity index is 2.13. The zero-order chi connectivity index (χ0) is 5.82. The van der Waals surface area contributed by atoms with Crippen molar-refractivity contribution < 1.29 is 4.74 Å². The molecule has 0 bridgehead atoms. The van der Waals surface area contributed by atoms with E-state index < -0.39 is 0 Å². The van der Waals surface area contributed by atoms with Crippen molar-refractivity contribution >= 4 is 0 Å². The van der Waals surface area contributed by atoms with E-state index in [1.165, 1.54) is 0 Å². The highest BCUT2D eigenvalue weighted by atomic mass is 16.5. The maximum atomic E-state index is 5.36. The fourth-order valence-electron chi connectivity index (χ4n) is 0.771. The molecule has 0 aromatic carbocycles. The maximum Gasteiger partial charge on any atom is 0.0632 e. The Bertz CT molecular complexity index is 61.4. The highest BCUT2D eigenvalue weighted by Gasteiger charge is 2.08. The summed E-state index contributed by atoms with van der Waals surface area (Å²) < 4.78 is 5.13. The smallest absolute Gasteiger partial charge is 0.0632 e. The summed E-state index contributed by atoms with van der Waals surface area (Å²) in [4.78, 5) is 0. The standard InChI is InChI=1S/C5H12N2O/c6-3-5-4-8-2-1-7-5/h5,7H,1-4,6H2/t5-/m0/s1. The van der Waals surface area contributed by atoms with Crippen molar-refractivity contribution in [2.45, 2.75) is 6.04 Å². The van der Waals surface area contributed by atoms with Gasteiger partial charge in [-0.3, -0.25) is 0 Å². The minimum Gasteiger partial charge on any atom is -0.378 e. The molecule has 0 saturated carbocycles. The van der Waals surface area contributed by atoms with Crippen LogP contribution in [0.15, 0.2) is 0 Å². The first-order chi connectivity index (χ1) is 3.93. The fourth-order valence-corrected chi connectivity index (χ4v) is 0.771. The highest BCUT2D eigenvalue weighted by Crippen LogP contribution is 1.88. The normalized spacial score (nSPS) is 30.4. The van der Waals surface area contributed by atoms with Crippen molar-refractivity contribution in [3.05, 3.63) is 0 Å². The van der Waals surface area contributed by atoms with Crippen LogP contribution in [0.2, 0.25) is 0 Å². The zero-order valence-electron chi connectivity index (χ0n) is 4.89. The van der Waals surface area contributed by atoms with Gasteiger partial charge in [-0.2, -0.15) is 0 Å². The number of nitrogens with two attached hydrogens (primary N) is 1. The van der Waals surface area contributed by atoms with Crippen LogP contribution < -0.4 is 11.1 Å². The summed E-state index contributed by atoms with van der Waals surface area (Å²) in [5.41, 5.74) is 5.36. The summed E-state index contributed by atoms with van der Waals surface area (Å²) in [6.07, 6.45) is 0. The fraction of sp³-hybridized carbons (Fsp3) is 1.00. The van der Waals surface area contributed by atoms with E-state index in [2.05, 4.69) is 5.32 Å². The third kappa shape index (κ3) is 1.43. The third-order valence-corrected chi connectivity index (χ3v) is 1.28. The van der Waals surface area contributed by atoms with Crippen molar-refractivity contribution in [1.29, 1.82) is 0 Å². The van der Waals surface area contributed by atoms with Crippen LogP contribution in [-0.4, -0.2) is 32.3 Å². The van der Waals surface area contributed by atoms with Crippen LogP contribution in [0.25, 0.3) is 0 Å². The molecule has 0 aromatic heterocycles. The molecule has 0 aliphatic carbocycles. The predicted octanol–water partition coefficient (Wildman–Crippen LogP) is -1.07. The predicted molar refractivity (Wildman–Crippen MR) is 31.7 cm³/mol. The largest absolute Gasteiger partial charge is 0.378 e. The molecule has 0 unspecified atom stereocenters. The topological polar surface area (TPSA) is 47.3 Å². The van der Waals surface area contributed by atoms with E-state index in [0.717, 1.165) is 19.8 Å². The van der Waals surface area contributed by atoms with Gasteiger partial charge in [0, 0.05) is 19.1 Å². The van der Waals surface area contributed by atoms with Crippen LogP contribution in [0.4, 0.5) is 0 Å². The Labute approximate surface area is 49.2 Å². The molecule has 3 nitrogen and oxygen atoms in total. The second-order valence-electron chi connectivity index (χ2n) is 1.96. The van der Waals surface area contributed by atoms with Crippen LogP contribution in [0.3, 0.4) is 0 Å². The number of ether oxygens (including phenoxy) is 1. The van der Waals surface area contributed by atoms with Gasteiger partial charge in [-0.1, -0.05) is 0 Å². The van der Waals surface area contributed by atoms with Gasteiger partial charge >= 0.3 is 0 Å². The van der Waals surface area contributed by atoms with Gasteiger partial charge in [0.05, 0.1) is 13.2 Å². The van der Waals surface area contributed by atoms with Crippen LogP contribution in [0.1, 0.15) is 0 Å². The number of nitrogens with one attached hydrogen (secondary N) is 1. The van der Waals surface area contributed by atoms with Crippen molar-refractivity contribution in [3.8, 4) is 0 Å². The summed E-state index contributed by atoms with van der Waals surface area (Å²) in [5, 5.41) is 3.22. The summed E-state index contributed by atoms with van der Waals surface area (Å²) in [6.45, 7) is 3.23. The van der Waals surface area contributed by atoms with Crippen LogP contribution in [0, 0.1) is 0 Å². The molecule has 0 radical (unpaired) electrons. The lowest BCUT2D eigenvalue weighted by molar-refractivity contribution is 0.0794. The lowest BCUT2D eigenvalue weighted by Gasteiger charge is -2.21. The molecule has 1 rings (SSSR count). The van der Waals surface area contributed by atoms with Gasteiger partial charge in [0.25, 0.3) is 0 Å². The third-order valence-electron chi connectivity index (χ3n) is 1.28. The minimum absolute atomic E-state index is 0.392. The monoisotopic (exact) mass is 116 g/mol. The van der Waals surface area contributed by atoms with Gasteiger partial charge in [0.2, 0.25) is 0 Å². The van der Waals surface area contributed by atoms with E-state index in [9.17, 15) is 0 Å². The number of hydrogen-bond donors (Lipinski definition) is 2. The summed E-state index contributed by atoms with van der Waals surface area (Å²) in [5.74, 6) is 0. The molecule has 0 aromatic rings. The Kier molecular flexibility index (Phi) is 2.27.